The first-order valence-corrected chi connectivity index (χ1v) is 11.0. The fourth-order valence-corrected chi connectivity index (χ4v) is 6.27. The molecule has 1 saturated carbocycles. The molecule has 0 spiro atoms. The maximum Gasteiger partial charge on any atom is 0.307 e. The number of carboxylic acid groups (broad SMARTS) is 1. The first kappa shape index (κ1) is 21.2. The van der Waals surface area contributed by atoms with Crippen molar-refractivity contribution in [1.82, 2.24) is 0 Å². The van der Waals surface area contributed by atoms with Crippen LogP contribution in [-0.4, -0.2) is 26.1 Å². The van der Waals surface area contributed by atoms with Crippen LogP contribution in [0.25, 0.3) is 0 Å². The van der Waals surface area contributed by atoms with Gasteiger partial charge in [-0.2, -0.15) is 0 Å². The zero-order valence-corrected chi connectivity index (χ0v) is 18.7. The number of carbonyl (C=O) groups is 1. The molecule has 28 heavy (non-hydrogen) atoms. The van der Waals surface area contributed by atoms with Gasteiger partial charge in [0, 0.05) is 10.4 Å². The number of carboxylic acids is 1. The van der Waals surface area contributed by atoms with E-state index in [4.69, 9.17) is 5.11 Å². The fraction of sp³-hybridized carbons (Fsp3) is 0.609. The molecule has 0 aromatic heterocycles. The second kappa shape index (κ2) is 7.40. The van der Waals surface area contributed by atoms with Crippen molar-refractivity contribution in [2.24, 2.45) is 22.7 Å². The van der Waals surface area contributed by atoms with E-state index in [9.17, 15) is 15.0 Å². The number of alkyl halides is 1. The van der Waals surface area contributed by atoms with E-state index in [0.29, 0.717) is 28.6 Å². The number of hydrogen-bond donors (Lipinski definition) is 3. The number of phenols is 2. The predicted molar refractivity (Wildman–Crippen MR) is 114 cm³/mol. The third-order valence-corrected chi connectivity index (χ3v) is 9.26. The number of halogens is 1. The Bertz CT molecular complexity index is 813. The molecule has 5 heteroatoms. The van der Waals surface area contributed by atoms with Gasteiger partial charge in [-0.3, -0.25) is 4.79 Å². The van der Waals surface area contributed by atoms with Crippen molar-refractivity contribution < 1.29 is 20.1 Å². The molecule has 2 aliphatic carbocycles. The lowest BCUT2D eigenvalue weighted by Gasteiger charge is -2.59. The molecular weight excluding hydrogens is 420 g/mol. The Morgan fingerprint density at radius 1 is 1.21 bits per heavy atom. The Hall–Kier alpha value is -1.49. The summed E-state index contributed by atoms with van der Waals surface area (Å²) in [6, 6.07) is 2.99. The van der Waals surface area contributed by atoms with Crippen molar-refractivity contribution in [2.75, 3.05) is 0 Å². The van der Waals surface area contributed by atoms with Crippen molar-refractivity contribution in [1.29, 1.82) is 0 Å². The van der Waals surface area contributed by atoms with Crippen LogP contribution in [0.2, 0.25) is 0 Å². The van der Waals surface area contributed by atoms with Crippen molar-refractivity contribution in [2.45, 2.75) is 64.6 Å². The molecule has 0 radical (unpaired) electrons. The third-order valence-electron chi connectivity index (χ3n) is 7.62. The van der Waals surface area contributed by atoms with Gasteiger partial charge < -0.3 is 15.3 Å². The smallest absolute Gasteiger partial charge is 0.307 e. The Kier molecular flexibility index (Phi) is 5.61. The van der Waals surface area contributed by atoms with Gasteiger partial charge in [-0.05, 0) is 73.0 Å². The molecule has 0 unspecified atom stereocenters. The second-order valence-electron chi connectivity index (χ2n) is 9.38. The van der Waals surface area contributed by atoms with Crippen LogP contribution >= 0.6 is 15.9 Å². The Labute approximate surface area is 175 Å². The van der Waals surface area contributed by atoms with Gasteiger partial charge in [-0.15, -0.1) is 0 Å². The highest BCUT2D eigenvalue weighted by Crippen LogP contribution is 2.62. The van der Waals surface area contributed by atoms with E-state index in [1.165, 1.54) is 11.6 Å². The highest BCUT2D eigenvalue weighted by atomic mass is 79.9. The number of phenolic OH excluding ortho intramolecular Hbond substituents is 2. The standard InChI is InChI=1S/C23H31BrO4/c1-13-5-6-19-22(3,4)20(24)7-8-23(19,14(13)2)12-16-10-17(25)15(9-18(16)26)11-21(27)28/h5,9-10,14,19-20,25-26H,6-8,11-12H2,1-4H3,(H,27,28)/t14-,19+,20+,23+/m1/s1. The number of allylic oxidation sites excluding steroid dienone is 2. The van der Waals surface area contributed by atoms with Crippen molar-refractivity contribution in [3.05, 3.63) is 34.9 Å². The van der Waals surface area contributed by atoms with Crippen LogP contribution in [0.15, 0.2) is 23.8 Å². The van der Waals surface area contributed by atoms with E-state index in [1.54, 1.807) is 6.07 Å². The van der Waals surface area contributed by atoms with E-state index in [-0.39, 0.29) is 34.3 Å². The molecule has 0 bridgehead atoms. The first-order valence-electron chi connectivity index (χ1n) is 10.0. The van der Waals surface area contributed by atoms with Crippen molar-refractivity contribution in [3.63, 3.8) is 0 Å². The van der Waals surface area contributed by atoms with Gasteiger partial charge in [0.2, 0.25) is 0 Å². The van der Waals surface area contributed by atoms with Crippen LogP contribution in [0.4, 0.5) is 0 Å². The van der Waals surface area contributed by atoms with Gasteiger partial charge in [-0.1, -0.05) is 48.4 Å². The number of hydrogen-bond acceptors (Lipinski definition) is 3. The lowest BCUT2D eigenvalue weighted by Crippen LogP contribution is -2.54. The maximum absolute atomic E-state index is 11.0. The molecule has 1 aromatic carbocycles. The molecule has 1 fully saturated rings. The molecule has 4 nitrogen and oxygen atoms in total. The van der Waals surface area contributed by atoms with E-state index >= 15 is 0 Å². The Morgan fingerprint density at radius 3 is 2.46 bits per heavy atom. The average Bonchev–Trinajstić information content (AvgIpc) is 2.60. The van der Waals surface area contributed by atoms with E-state index in [0.717, 1.165) is 19.3 Å². The maximum atomic E-state index is 11.0. The van der Waals surface area contributed by atoms with Gasteiger partial charge >= 0.3 is 5.97 Å². The molecule has 0 heterocycles. The van der Waals surface area contributed by atoms with Crippen molar-refractivity contribution in [3.8, 4) is 11.5 Å². The monoisotopic (exact) mass is 450 g/mol. The third kappa shape index (κ3) is 3.47. The van der Waals surface area contributed by atoms with Gasteiger partial charge in [-0.25, -0.2) is 0 Å². The summed E-state index contributed by atoms with van der Waals surface area (Å²) in [6.45, 7) is 9.15. The molecule has 154 valence electrons. The topological polar surface area (TPSA) is 77.8 Å². The largest absolute Gasteiger partial charge is 0.508 e. The molecule has 0 saturated heterocycles. The molecule has 0 amide bonds. The molecular formula is C23H31BrO4. The Morgan fingerprint density at radius 2 is 1.82 bits per heavy atom. The Balaban J connectivity index is 2.04. The number of benzene rings is 1. The predicted octanol–water partition coefficient (Wildman–Crippen LogP) is 5.44. The minimum atomic E-state index is -1.03. The normalized spacial score (nSPS) is 31.8. The van der Waals surface area contributed by atoms with Crippen molar-refractivity contribution >= 4 is 21.9 Å². The number of fused-ring (bicyclic) bond motifs is 1. The number of rotatable bonds is 4. The molecule has 2 aliphatic rings. The van der Waals surface area contributed by atoms with Crippen LogP contribution < -0.4 is 0 Å². The molecule has 0 aliphatic heterocycles. The molecule has 3 rings (SSSR count). The van der Waals surface area contributed by atoms with Gasteiger partial charge in [0.05, 0.1) is 6.42 Å². The summed E-state index contributed by atoms with van der Waals surface area (Å²) in [6.07, 6.45) is 5.90. The van der Waals surface area contributed by atoms with Crippen LogP contribution in [-0.2, 0) is 17.6 Å². The van der Waals surface area contributed by atoms with Crippen LogP contribution in [0.1, 0.15) is 58.1 Å². The summed E-state index contributed by atoms with van der Waals surface area (Å²) in [5.74, 6) is -0.157. The molecule has 4 atom stereocenters. The number of aliphatic carboxylic acids is 1. The minimum absolute atomic E-state index is 0.00480. The summed E-state index contributed by atoms with van der Waals surface area (Å²) >= 11 is 3.91. The average molecular weight is 451 g/mol. The van der Waals surface area contributed by atoms with Crippen LogP contribution in [0.3, 0.4) is 0 Å². The number of aromatic hydroxyl groups is 2. The SMILES string of the molecule is CC1=CC[C@H]2C(C)(C)[C@@H](Br)CC[C@]2(Cc2cc(O)c(CC(=O)O)cc2O)[C@@H]1C. The zero-order valence-electron chi connectivity index (χ0n) is 17.1. The van der Waals surface area contributed by atoms with Gasteiger partial charge in [0.15, 0.2) is 0 Å². The summed E-state index contributed by atoms with van der Waals surface area (Å²) in [4.78, 5) is 11.5. The van der Waals surface area contributed by atoms with Crippen LogP contribution in [0.5, 0.6) is 11.5 Å². The summed E-state index contributed by atoms with van der Waals surface area (Å²) < 4.78 is 0. The fourth-order valence-electron chi connectivity index (χ4n) is 5.72. The lowest BCUT2D eigenvalue weighted by molar-refractivity contribution is -0.136. The van der Waals surface area contributed by atoms with Gasteiger partial charge in [0.1, 0.15) is 11.5 Å². The minimum Gasteiger partial charge on any atom is -0.508 e. The van der Waals surface area contributed by atoms with E-state index in [2.05, 4.69) is 49.7 Å². The molecule has 3 N–H and O–H groups in total. The van der Waals surface area contributed by atoms with Crippen LogP contribution in [0, 0.1) is 22.7 Å². The highest BCUT2D eigenvalue weighted by molar-refractivity contribution is 9.09. The second-order valence-corrected chi connectivity index (χ2v) is 10.5. The van der Waals surface area contributed by atoms with Gasteiger partial charge in [0.25, 0.3) is 0 Å². The highest BCUT2D eigenvalue weighted by Gasteiger charge is 2.56. The quantitative estimate of drug-likeness (QED) is 0.324. The summed E-state index contributed by atoms with van der Waals surface area (Å²) in [7, 11) is 0. The summed E-state index contributed by atoms with van der Waals surface area (Å²) in [5.41, 5.74) is 2.48. The van der Waals surface area contributed by atoms with E-state index < -0.39 is 5.97 Å². The summed E-state index contributed by atoms with van der Waals surface area (Å²) in [5, 5.41) is 30.0. The molecule has 1 aromatic rings. The first-order chi connectivity index (χ1) is 13.0. The lowest BCUT2D eigenvalue weighted by atomic mass is 9.47. The van der Waals surface area contributed by atoms with E-state index in [1.807, 2.05) is 0 Å². The zero-order chi connectivity index (χ0) is 20.9.